The van der Waals surface area contributed by atoms with Crippen LogP contribution < -0.4 is 0 Å². The van der Waals surface area contributed by atoms with Crippen LogP contribution in [0.2, 0.25) is 0 Å². The fourth-order valence-corrected chi connectivity index (χ4v) is 9.07. The number of fused-ring (bicyclic) bond motifs is 9. The molecule has 2 heterocycles. The van der Waals surface area contributed by atoms with Crippen LogP contribution in [-0.4, -0.2) is 4.57 Å². The first-order chi connectivity index (χ1) is 26.0. The molecule has 10 aromatic rings. The van der Waals surface area contributed by atoms with Gasteiger partial charge >= 0.3 is 0 Å². The number of rotatable bonds is 4. The molecule has 0 aliphatic heterocycles. The van der Waals surface area contributed by atoms with Gasteiger partial charge in [0.25, 0.3) is 0 Å². The molecule has 0 atom stereocenters. The highest BCUT2D eigenvalue weighted by Crippen LogP contribution is 2.51. The molecule has 0 radical (unpaired) electrons. The van der Waals surface area contributed by atoms with E-state index in [9.17, 15) is 0 Å². The van der Waals surface area contributed by atoms with Gasteiger partial charge in [-0.2, -0.15) is 0 Å². The van der Waals surface area contributed by atoms with E-state index in [4.69, 9.17) is 4.42 Å². The van der Waals surface area contributed by atoms with Gasteiger partial charge in [-0.3, -0.25) is 0 Å². The van der Waals surface area contributed by atoms with Crippen LogP contribution in [0.5, 0.6) is 0 Å². The molecule has 0 saturated heterocycles. The van der Waals surface area contributed by atoms with Gasteiger partial charge in [-0.1, -0.05) is 147 Å². The maximum absolute atomic E-state index is 6.64. The van der Waals surface area contributed by atoms with Crippen LogP contribution in [0.3, 0.4) is 0 Å². The fraction of sp³-hybridized carbons (Fsp3) is 0.0588. The molecular formula is C51H35NO. The van der Waals surface area contributed by atoms with E-state index in [2.05, 4.69) is 188 Å². The Balaban J connectivity index is 1.24. The average Bonchev–Trinajstić information content (AvgIpc) is 3.83. The minimum Gasteiger partial charge on any atom is -0.455 e. The van der Waals surface area contributed by atoms with Gasteiger partial charge in [-0.15, -0.1) is 0 Å². The highest BCUT2D eigenvalue weighted by molar-refractivity contribution is 6.12. The summed E-state index contributed by atoms with van der Waals surface area (Å²) in [7, 11) is 0. The topological polar surface area (TPSA) is 18.1 Å². The number of hydrogen-bond donors (Lipinski definition) is 0. The van der Waals surface area contributed by atoms with Crippen molar-refractivity contribution in [2.24, 2.45) is 0 Å². The summed E-state index contributed by atoms with van der Waals surface area (Å²) in [5, 5.41) is 4.79. The van der Waals surface area contributed by atoms with E-state index in [1.165, 1.54) is 60.8 Å². The second kappa shape index (κ2) is 11.2. The molecule has 0 fully saturated rings. The van der Waals surface area contributed by atoms with Crippen molar-refractivity contribution >= 4 is 43.7 Å². The Bertz CT molecular complexity index is 3080. The van der Waals surface area contributed by atoms with Crippen LogP contribution in [0.15, 0.2) is 180 Å². The molecule has 2 nitrogen and oxygen atoms in total. The lowest BCUT2D eigenvalue weighted by molar-refractivity contribution is 0.661. The number of hydrogen-bond acceptors (Lipinski definition) is 1. The number of furan rings is 1. The van der Waals surface area contributed by atoms with Crippen LogP contribution in [-0.2, 0) is 5.41 Å². The first-order valence-corrected chi connectivity index (χ1v) is 18.4. The minimum absolute atomic E-state index is 0.0805. The van der Waals surface area contributed by atoms with Crippen LogP contribution in [0.25, 0.3) is 93.9 Å². The van der Waals surface area contributed by atoms with Crippen molar-refractivity contribution in [3.63, 3.8) is 0 Å². The summed E-state index contributed by atoms with van der Waals surface area (Å²) in [6.45, 7) is 4.72. The molecule has 0 bridgehead atoms. The summed E-state index contributed by atoms with van der Waals surface area (Å²) in [4.78, 5) is 0. The lowest BCUT2D eigenvalue weighted by Gasteiger charge is -2.21. The lowest BCUT2D eigenvalue weighted by Crippen LogP contribution is -2.14. The fourth-order valence-electron chi connectivity index (χ4n) is 9.07. The largest absolute Gasteiger partial charge is 0.455 e. The molecule has 0 unspecified atom stereocenters. The molecule has 11 rings (SSSR count). The zero-order valence-corrected chi connectivity index (χ0v) is 29.6. The summed E-state index contributed by atoms with van der Waals surface area (Å²) in [6, 6.07) is 64.2. The number of para-hydroxylation sites is 3. The molecule has 2 heteroatoms. The van der Waals surface area contributed by atoms with Gasteiger partial charge in [0.15, 0.2) is 0 Å². The van der Waals surface area contributed by atoms with Crippen molar-refractivity contribution in [2.75, 3.05) is 0 Å². The van der Waals surface area contributed by atoms with E-state index in [1.54, 1.807) is 0 Å². The van der Waals surface area contributed by atoms with Crippen LogP contribution >= 0.6 is 0 Å². The van der Waals surface area contributed by atoms with Gasteiger partial charge in [-0.05, 0) is 92.5 Å². The van der Waals surface area contributed by atoms with E-state index >= 15 is 0 Å². The lowest BCUT2D eigenvalue weighted by atomic mass is 9.82. The van der Waals surface area contributed by atoms with E-state index < -0.39 is 0 Å². The SMILES string of the molecule is CC1(C)c2ccccc2-c2cc3c(cc21)c1ccccc1n3-c1cc(-c2ccccc2-c2ccccc2)cc(-c2cccc3c2oc2ccccc23)c1. The Morgan fingerprint density at radius 3 is 1.85 bits per heavy atom. The summed E-state index contributed by atoms with van der Waals surface area (Å²) in [6.07, 6.45) is 0. The predicted octanol–water partition coefficient (Wildman–Crippen LogP) is 14.0. The van der Waals surface area contributed by atoms with E-state index in [0.717, 1.165) is 44.3 Å². The van der Waals surface area contributed by atoms with Crippen LogP contribution in [0, 0.1) is 0 Å². The molecule has 1 aliphatic carbocycles. The van der Waals surface area contributed by atoms with Crippen molar-refractivity contribution in [1.29, 1.82) is 0 Å². The summed E-state index contributed by atoms with van der Waals surface area (Å²) < 4.78 is 9.13. The molecule has 250 valence electrons. The zero-order valence-electron chi connectivity index (χ0n) is 29.6. The molecular weight excluding hydrogens is 643 g/mol. The second-order valence-corrected chi connectivity index (χ2v) is 14.9. The average molecular weight is 678 g/mol. The smallest absolute Gasteiger partial charge is 0.143 e. The van der Waals surface area contributed by atoms with Crippen molar-refractivity contribution in [1.82, 2.24) is 4.57 Å². The summed E-state index contributed by atoms with van der Waals surface area (Å²) in [5.74, 6) is 0. The van der Waals surface area contributed by atoms with E-state index in [-0.39, 0.29) is 5.41 Å². The monoisotopic (exact) mass is 677 g/mol. The molecule has 53 heavy (non-hydrogen) atoms. The number of nitrogens with zero attached hydrogens (tertiary/aromatic N) is 1. The first kappa shape index (κ1) is 30.0. The molecule has 0 N–H and O–H groups in total. The van der Waals surface area contributed by atoms with Gasteiger partial charge in [0, 0.05) is 38.2 Å². The Morgan fingerprint density at radius 2 is 1.02 bits per heavy atom. The minimum atomic E-state index is -0.0805. The van der Waals surface area contributed by atoms with Gasteiger partial charge in [0.1, 0.15) is 11.2 Å². The first-order valence-electron chi connectivity index (χ1n) is 18.4. The molecule has 0 spiro atoms. The Hall–Kier alpha value is -6.64. The summed E-state index contributed by atoms with van der Waals surface area (Å²) >= 11 is 0. The molecule has 2 aromatic heterocycles. The van der Waals surface area contributed by atoms with Crippen molar-refractivity contribution in [3.8, 4) is 50.2 Å². The summed E-state index contributed by atoms with van der Waals surface area (Å²) in [5.41, 5.74) is 17.6. The van der Waals surface area contributed by atoms with E-state index in [0.29, 0.717) is 0 Å². The Labute approximate surface area is 308 Å². The third-order valence-electron chi connectivity index (χ3n) is 11.6. The third kappa shape index (κ3) is 4.39. The predicted molar refractivity (Wildman–Crippen MR) is 222 cm³/mol. The Kier molecular flexibility index (Phi) is 6.33. The van der Waals surface area contributed by atoms with Crippen LogP contribution in [0.4, 0.5) is 0 Å². The van der Waals surface area contributed by atoms with Gasteiger partial charge < -0.3 is 8.98 Å². The van der Waals surface area contributed by atoms with Gasteiger partial charge in [-0.25, -0.2) is 0 Å². The third-order valence-corrected chi connectivity index (χ3v) is 11.6. The maximum Gasteiger partial charge on any atom is 0.143 e. The van der Waals surface area contributed by atoms with Crippen molar-refractivity contribution < 1.29 is 4.42 Å². The molecule has 0 saturated carbocycles. The Morgan fingerprint density at radius 1 is 0.396 bits per heavy atom. The van der Waals surface area contributed by atoms with E-state index in [1.807, 2.05) is 6.07 Å². The van der Waals surface area contributed by atoms with Crippen molar-refractivity contribution in [2.45, 2.75) is 19.3 Å². The van der Waals surface area contributed by atoms with Crippen molar-refractivity contribution in [3.05, 3.63) is 187 Å². The molecule has 0 amide bonds. The second-order valence-electron chi connectivity index (χ2n) is 14.9. The van der Waals surface area contributed by atoms with Gasteiger partial charge in [0.2, 0.25) is 0 Å². The number of benzene rings is 8. The molecule has 1 aliphatic rings. The van der Waals surface area contributed by atoms with Crippen LogP contribution in [0.1, 0.15) is 25.0 Å². The standard InChI is InChI=1S/C51H35NO/c1-51(2)45-24-11-8-19-39(45)43-31-48-44(30-46(43)51)40-20-9-12-25-47(40)52(48)35-28-33(37-18-7-6-17-36(37)32-15-4-3-5-16-32)27-34(29-35)38-22-14-23-42-41-21-10-13-26-49(41)53-50(38)42/h3-31H,1-2H3. The number of aromatic nitrogens is 1. The normalized spacial score (nSPS) is 13.2. The molecule has 8 aromatic carbocycles. The highest BCUT2D eigenvalue weighted by Gasteiger charge is 2.36. The zero-order chi connectivity index (χ0) is 35.3. The van der Waals surface area contributed by atoms with Gasteiger partial charge in [0.05, 0.1) is 11.0 Å². The maximum atomic E-state index is 6.64. The quantitative estimate of drug-likeness (QED) is 0.181. The highest BCUT2D eigenvalue weighted by atomic mass is 16.3.